The number of H-pyrrole nitrogens is 1. The normalized spacial score (nSPS) is 17.5. The Balaban J connectivity index is 1.48. The summed E-state index contributed by atoms with van der Waals surface area (Å²) in [5.41, 5.74) is 5.39. The van der Waals surface area contributed by atoms with Crippen molar-refractivity contribution in [1.82, 2.24) is 24.6 Å². The molecule has 140 valence electrons. The lowest BCUT2D eigenvalue weighted by Crippen LogP contribution is -2.21. The monoisotopic (exact) mass is 363 g/mol. The van der Waals surface area contributed by atoms with Gasteiger partial charge in [-0.1, -0.05) is 12.1 Å². The van der Waals surface area contributed by atoms with Gasteiger partial charge in [0.05, 0.1) is 17.1 Å². The predicted octanol–water partition coefficient (Wildman–Crippen LogP) is 2.87. The second-order valence-electron chi connectivity index (χ2n) is 7.49. The summed E-state index contributed by atoms with van der Waals surface area (Å²) in [6.07, 6.45) is 1.03. The van der Waals surface area contributed by atoms with Gasteiger partial charge in [0.2, 0.25) is 0 Å². The van der Waals surface area contributed by atoms with Crippen LogP contribution in [0.2, 0.25) is 0 Å². The Bertz CT molecular complexity index is 1020. The van der Waals surface area contributed by atoms with Gasteiger partial charge < -0.3 is 4.98 Å². The molecule has 1 saturated heterocycles. The molecule has 6 heteroatoms. The highest BCUT2D eigenvalue weighted by atomic mass is 16.1. The number of aromatic amines is 1. The first-order valence-electron chi connectivity index (χ1n) is 9.41. The number of benzene rings is 1. The summed E-state index contributed by atoms with van der Waals surface area (Å²) in [4.78, 5) is 21.4. The van der Waals surface area contributed by atoms with Gasteiger partial charge in [0.1, 0.15) is 5.82 Å². The van der Waals surface area contributed by atoms with Crippen molar-refractivity contribution in [1.29, 1.82) is 0 Å². The second kappa shape index (κ2) is 7.12. The first-order valence-corrected chi connectivity index (χ1v) is 9.41. The maximum Gasteiger partial charge on any atom is 0.251 e. The lowest BCUT2D eigenvalue weighted by molar-refractivity contribution is 0.326. The molecule has 1 N–H and O–H groups in total. The van der Waals surface area contributed by atoms with E-state index >= 15 is 0 Å². The summed E-state index contributed by atoms with van der Waals surface area (Å²) in [6, 6.07) is 12.3. The molecule has 1 aliphatic rings. The molecule has 27 heavy (non-hydrogen) atoms. The number of hydrogen-bond acceptors (Lipinski definition) is 4. The largest absolute Gasteiger partial charge is 0.311 e. The van der Waals surface area contributed by atoms with Gasteiger partial charge >= 0.3 is 0 Å². The SMILES string of the molecule is Cc1cc(C)n(-c2cccc(CN3CC[C@H](c4cc(=O)[nH]c(C)n4)C3)c2)n1. The van der Waals surface area contributed by atoms with Gasteiger partial charge in [-0.15, -0.1) is 0 Å². The van der Waals surface area contributed by atoms with Crippen molar-refractivity contribution < 1.29 is 0 Å². The Kier molecular flexibility index (Phi) is 4.66. The minimum atomic E-state index is -0.0615. The molecule has 2 aromatic heterocycles. The summed E-state index contributed by atoms with van der Waals surface area (Å²) >= 11 is 0. The molecule has 3 aromatic rings. The Morgan fingerprint density at radius 1 is 1.19 bits per heavy atom. The molecular formula is C21H25N5O. The van der Waals surface area contributed by atoms with Gasteiger partial charge in [0, 0.05) is 30.8 Å². The van der Waals surface area contributed by atoms with Crippen LogP contribution in [0.15, 0.2) is 41.2 Å². The van der Waals surface area contributed by atoms with Crippen LogP contribution in [-0.2, 0) is 6.54 Å². The number of nitrogens with zero attached hydrogens (tertiary/aromatic N) is 4. The molecular weight excluding hydrogens is 338 g/mol. The Hall–Kier alpha value is -2.73. The molecule has 6 nitrogen and oxygen atoms in total. The van der Waals surface area contributed by atoms with E-state index in [1.807, 2.05) is 18.5 Å². The van der Waals surface area contributed by atoms with Crippen LogP contribution in [0.25, 0.3) is 5.69 Å². The fraction of sp³-hybridized carbons (Fsp3) is 0.381. The maximum absolute atomic E-state index is 11.7. The summed E-state index contributed by atoms with van der Waals surface area (Å²) in [7, 11) is 0. The van der Waals surface area contributed by atoms with Crippen molar-refractivity contribution in [2.45, 2.75) is 39.7 Å². The smallest absolute Gasteiger partial charge is 0.251 e. The average molecular weight is 363 g/mol. The second-order valence-corrected chi connectivity index (χ2v) is 7.49. The van der Waals surface area contributed by atoms with E-state index < -0.39 is 0 Å². The van der Waals surface area contributed by atoms with Crippen molar-refractivity contribution in [3.05, 3.63) is 75.2 Å². The van der Waals surface area contributed by atoms with Crippen LogP contribution in [-0.4, -0.2) is 37.7 Å². The molecule has 1 aromatic carbocycles. The standard InChI is InChI=1S/C21H25N5O/c1-14-9-15(2)26(24-14)19-6-4-5-17(10-19)12-25-8-7-18(13-25)20-11-21(27)23-16(3)22-20/h4-6,9-11,18H,7-8,12-13H2,1-3H3,(H,22,23,27)/t18-/m0/s1. The zero-order chi connectivity index (χ0) is 19.0. The maximum atomic E-state index is 11.7. The van der Waals surface area contributed by atoms with E-state index in [1.54, 1.807) is 6.07 Å². The molecule has 0 amide bonds. The van der Waals surface area contributed by atoms with E-state index in [-0.39, 0.29) is 5.56 Å². The summed E-state index contributed by atoms with van der Waals surface area (Å²) in [5.74, 6) is 1.01. The highest BCUT2D eigenvalue weighted by Crippen LogP contribution is 2.26. The van der Waals surface area contributed by atoms with Crippen molar-refractivity contribution in [2.24, 2.45) is 0 Å². The Morgan fingerprint density at radius 3 is 2.78 bits per heavy atom. The molecule has 0 radical (unpaired) electrons. The minimum Gasteiger partial charge on any atom is -0.311 e. The van der Waals surface area contributed by atoms with Gasteiger partial charge in [-0.2, -0.15) is 5.10 Å². The lowest BCUT2D eigenvalue weighted by Gasteiger charge is -2.17. The molecule has 4 rings (SSSR count). The highest BCUT2D eigenvalue weighted by Gasteiger charge is 2.25. The van der Waals surface area contributed by atoms with Crippen LogP contribution >= 0.6 is 0 Å². The van der Waals surface area contributed by atoms with E-state index in [2.05, 4.69) is 57.2 Å². The summed E-state index contributed by atoms with van der Waals surface area (Å²) in [6.45, 7) is 8.77. The quantitative estimate of drug-likeness (QED) is 0.774. The van der Waals surface area contributed by atoms with Gasteiger partial charge in [-0.3, -0.25) is 9.69 Å². The summed E-state index contributed by atoms with van der Waals surface area (Å²) in [5, 5.41) is 4.58. The molecule has 1 fully saturated rings. The van der Waals surface area contributed by atoms with Gasteiger partial charge in [0.25, 0.3) is 5.56 Å². The molecule has 0 saturated carbocycles. The third kappa shape index (κ3) is 3.85. The van der Waals surface area contributed by atoms with E-state index in [1.165, 1.54) is 5.56 Å². The van der Waals surface area contributed by atoms with E-state index in [4.69, 9.17) is 0 Å². The van der Waals surface area contributed by atoms with Crippen LogP contribution in [0.5, 0.6) is 0 Å². The summed E-state index contributed by atoms with van der Waals surface area (Å²) < 4.78 is 1.99. The number of aromatic nitrogens is 4. The van der Waals surface area contributed by atoms with Crippen LogP contribution in [0.1, 0.15) is 40.8 Å². The molecule has 1 aliphatic heterocycles. The predicted molar refractivity (Wildman–Crippen MR) is 105 cm³/mol. The van der Waals surface area contributed by atoms with Gasteiger partial charge in [0.15, 0.2) is 0 Å². The number of nitrogens with one attached hydrogen (secondary N) is 1. The van der Waals surface area contributed by atoms with Crippen molar-refractivity contribution in [3.8, 4) is 5.69 Å². The van der Waals surface area contributed by atoms with E-state index in [9.17, 15) is 4.79 Å². The number of hydrogen-bond donors (Lipinski definition) is 1. The number of likely N-dealkylation sites (tertiary alicyclic amines) is 1. The van der Waals surface area contributed by atoms with Crippen molar-refractivity contribution in [3.63, 3.8) is 0 Å². The van der Waals surface area contributed by atoms with E-state index in [0.717, 1.165) is 48.8 Å². The Labute approximate surface area is 158 Å². The lowest BCUT2D eigenvalue weighted by atomic mass is 10.0. The molecule has 0 bridgehead atoms. The van der Waals surface area contributed by atoms with Gasteiger partial charge in [-0.05, 0) is 57.5 Å². The average Bonchev–Trinajstić information content (AvgIpc) is 3.20. The highest BCUT2D eigenvalue weighted by molar-refractivity contribution is 5.37. The van der Waals surface area contributed by atoms with Gasteiger partial charge in [-0.25, -0.2) is 9.67 Å². The first-order chi connectivity index (χ1) is 13.0. The minimum absolute atomic E-state index is 0.0615. The molecule has 0 aliphatic carbocycles. The van der Waals surface area contributed by atoms with Crippen molar-refractivity contribution in [2.75, 3.05) is 13.1 Å². The fourth-order valence-electron chi connectivity index (χ4n) is 3.96. The molecule has 0 spiro atoms. The molecule has 1 atom stereocenters. The van der Waals surface area contributed by atoms with Crippen LogP contribution < -0.4 is 5.56 Å². The topological polar surface area (TPSA) is 66.8 Å². The third-order valence-corrected chi connectivity index (χ3v) is 5.14. The number of rotatable bonds is 4. The third-order valence-electron chi connectivity index (χ3n) is 5.14. The van der Waals surface area contributed by atoms with Crippen molar-refractivity contribution >= 4 is 0 Å². The van der Waals surface area contributed by atoms with Crippen LogP contribution in [0, 0.1) is 20.8 Å². The van der Waals surface area contributed by atoms with Crippen LogP contribution in [0.4, 0.5) is 0 Å². The number of aryl methyl sites for hydroxylation is 3. The fourth-order valence-corrected chi connectivity index (χ4v) is 3.96. The zero-order valence-electron chi connectivity index (χ0n) is 16.1. The Morgan fingerprint density at radius 2 is 2.04 bits per heavy atom. The van der Waals surface area contributed by atoms with E-state index in [0.29, 0.717) is 11.7 Å². The first kappa shape index (κ1) is 17.7. The molecule has 0 unspecified atom stereocenters. The molecule has 3 heterocycles. The van der Waals surface area contributed by atoms with Crippen LogP contribution in [0.3, 0.4) is 0 Å². The zero-order valence-corrected chi connectivity index (χ0v) is 16.1.